The Morgan fingerprint density at radius 2 is 2.19 bits per heavy atom. The molecule has 0 aromatic carbocycles. The molecule has 0 unspecified atom stereocenters. The van der Waals surface area contributed by atoms with E-state index in [4.69, 9.17) is 4.42 Å². The molecule has 140 valence electrons. The lowest BCUT2D eigenvalue weighted by molar-refractivity contribution is -0.130. The molecule has 0 saturated carbocycles. The van der Waals surface area contributed by atoms with E-state index in [0.29, 0.717) is 31.2 Å². The lowest BCUT2D eigenvalue weighted by atomic mass is 10.2. The molecule has 4 rings (SSSR count). The largest absolute Gasteiger partial charge is 0.421 e. The molecule has 0 N–H and O–H groups in total. The fraction of sp³-hybridized carbons (Fsp3) is 0.333. The van der Waals surface area contributed by atoms with Crippen LogP contribution in [0.2, 0.25) is 0 Å². The van der Waals surface area contributed by atoms with Gasteiger partial charge in [-0.05, 0) is 25.3 Å². The van der Waals surface area contributed by atoms with Crippen molar-refractivity contribution in [3.05, 3.63) is 45.2 Å². The zero-order valence-corrected chi connectivity index (χ0v) is 16.9. The molecule has 0 radical (unpaired) electrons. The number of nitrogens with zero attached hydrogens (tertiary/aromatic N) is 5. The van der Waals surface area contributed by atoms with Gasteiger partial charge in [0.2, 0.25) is 17.7 Å². The van der Waals surface area contributed by atoms with Crippen molar-refractivity contribution < 1.29 is 9.21 Å². The van der Waals surface area contributed by atoms with E-state index in [1.54, 1.807) is 27.6 Å². The molecule has 0 fully saturated rings. The van der Waals surface area contributed by atoms with Gasteiger partial charge >= 0.3 is 0 Å². The van der Waals surface area contributed by atoms with Gasteiger partial charge in [-0.25, -0.2) is 4.98 Å². The SMILES string of the molecule is Cc1cn2c(CN(C)C(=O)CCc3nnc(-c4ccsc4)o3)c(C)nc2s1. The third kappa shape index (κ3) is 3.65. The third-order valence-corrected chi connectivity index (χ3v) is 5.92. The Morgan fingerprint density at radius 3 is 2.96 bits per heavy atom. The highest BCUT2D eigenvalue weighted by Crippen LogP contribution is 2.22. The number of carbonyl (C=O) groups excluding carboxylic acids is 1. The van der Waals surface area contributed by atoms with Gasteiger partial charge in [-0.15, -0.1) is 21.5 Å². The van der Waals surface area contributed by atoms with E-state index in [-0.39, 0.29) is 5.91 Å². The van der Waals surface area contributed by atoms with E-state index in [9.17, 15) is 4.79 Å². The normalized spacial score (nSPS) is 11.4. The van der Waals surface area contributed by atoms with E-state index >= 15 is 0 Å². The number of hydrogen-bond acceptors (Lipinski definition) is 7. The predicted octanol–water partition coefficient (Wildman–Crippen LogP) is 3.72. The van der Waals surface area contributed by atoms with Crippen LogP contribution < -0.4 is 0 Å². The topological polar surface area (TPSA) is 76.5 Å². The number of aromatic nitrogens is 4. The summed E-state index contributed by atoms with van der Waals surface area (Å²) in [6, 6.07) is 1.93. The number of aryl methyl sites for hydroxylation is 3. The van der Waals surface area contributed by atoms with Gasteiger partial charge in [-0.1, -0.05) is 0 Å². The van der Waals surface area contributed by atoms with Gasteiger partial charge in [0.1, 0.15) is 0 Å². The molecular weight excluding hydrogens is 382 g/mol. The van der Waals surface area contributed by atoms with Gasteiger partial charge in [-0.3, -0.25) is 9.20 Å². The Balaban J connectivity index is 1.38. The molecule has 27 heavy (non-hydrogen) atoms. The van der Waals surface area contributed by atoms with Crippen molar-refractivity contribution in [1.82, 2.24) is 24.5 Å². The minimum atomic E-state index is 0.0339. The lowest BCUT2D eigenvalue weighted by Gasteiger charge is -2.16. The van der Waals surface area contributed by atoms with Crippen molar-refractivity contribution in [1.29, 1.82) is 0 Å². The molecule has 4 aromatic rings. The van der Waals surface area contributed by atoms with Crippen LogP contribution in [0.15, 0.2) is 27.4 Å². The minimum absolute atomic E-state index is 0.0339. The number of rotatable bonds is 6. The average Bonchev–Trinajstić information content (AvgIpc) is 3.39. The summed E-state index contributed by atoms with van der Waals surface area (Å²) >= 11 is 3.23. The van der Waals surface area contributed by atoms with Crippen LogP contribution in [0.25, 0.3) is 16.4 Å². The van der Waals surface area contributed by atoms with Crippen molar-refractivity contribution in [3.8, 4) is 11.5 Å². The molecule has 7 nitrogen and oxygen atoms in total. The standard InChI is InChI=1S/C18H19N5O2S2/c1-11-8-23-14(12(2)19-18(23)27-11)9-22(3)16(24)5-4-15-20-21-17(25-15)13-6-7-26-10-13/h6-8,10H,4-5,9H2,1-3H3. The first-order valence-corrected chi connectivity index (χ1v) is 10.3. The molecule has 0 spiro atoms. The van der Waals surface area contributed by atoms with Crippen molar-refractivity contribution in [2.24, 2.45) is 0 Å². The quantitative estimate of drug-likeness (QED) is 0.492. The average molecular weight is 402 g/mol. The Bertz CT molecular complexity index is 1080. The van der Waals surface area contributed by atoms with Gasteiger partial charge in [0.05, 0.1) is 17.9 Å². The molecule has 9 heteroatoms. The lowest BCUT2D eigenvalue weighted by Crippen LogP contribution is -2.27. The smallest absolute Gasteiger partial charge is 0.248 e. The summed E-state index contributed by atoms with van der Waals surface area (Å²) in [5.41, 5.74) is 2.91. The zero-order chi connectivity index (χ0) is 19.0. The van der Waals surface area contributed by atoms with Crippen LogP contribution in [0.1, 0.15) is 28.6 Å². The van der Waals surface area contributed by atoms with Gasteiger partial charge < -0.3 is 9.32 Å². The Morgan fingerprint density at radius 1 is 1.33 bits per heavy atom. The van der Waals surface area contributed by atoms with Crippen LogP contribution >= 0.6 is 22.7 Å². The monoisotopic (exact) mass is 401 g/mol. The summed E-state index contributed by atoms with van der Waals surface area (Å²) < 4.78 is 7.72. The molecule has 0 aliphatic rings. The van der Waals surface area contributed by atoms with Crippen LogP contribution in [-0.4, -0.2) is 37.4 Å². The summed E-state index contributed by atoms with van der Waals surface area (Å²) in [7, 11) is 1.81. The maximum atomic E-state index is 12.5. The molecule has 0 atom stereocenters. The first-order chi connectivity index (χ1) is 13.0. The van der Waals surface area contributed by atoms with Gasteiger partial charge in [-0.2, -0.15) is 11.3 Å². The Labute approximate surface area is 164 Å². The van der Waals surface area contributed by atoms with Crippen LogP contribution in [0.3, 0.4) is 0 Å². The maximum Gasteiger partial charge on any atom is 0.248 e. The summed E-state index contributed by atoms with van der Waals surface area (Å²) in [6.45, 7) is 4.56. The first kappa shape index (κ1) is 17.9. The molecule has 4 aromatic heterocycles. The fourth-order valence-electron chi connectivity index (χ4n) is 2.87. The summed E-state index contributed by atoms with van der Waals surface area (Å²) in [5.74, 6) is 1.01. The fourth-order valence-corrected chi connectivity index (χ4v) is 4.39. The van der Waals surface area contributed by atoms with Crippen molar-refractivity contribution in [3.63, 3.8) is 0 Å². The Hall–Kier alpha value is -2.52. The number of thiophene rings is 1. The summed E-state index contributed by atoms with van der Waals surface area (Å²) in [5, 5.41) is 12.0. The van der Waals surface area contributed by atoms with Crippen LogP contribution in [0.4, 0.5) is 0 Å². The maximum absolute atomic E-state index is 12.5. The third-order valence-electron chi connectivity index (χ3n) is 4.34. The molecular formula is C18H19N5O2S2. The van der Waals surface area contributed by atoms with Crippen molar-refractivity contribution in [2.45, 2.75) is 33.2 Å². The highest BCUT2D eigenvalue weighted by atomic mass is 32.1. The predicted molar refractivity (Wildman–Crippen MR) is 105 cm³/mol. The molecule has 0 aliphatic carbocycles. The number of hydrogen-bond donors (Lipinski definition) is 0. The van der Waals surface area contributed by atoms with Gasteiger partial charge in [0, 0.05) is 41.9 Å². The molecule has 4 heterocycles. The second-order valence-corrected chi connectivity index (χ2v) is 8.39. The molecule has 0 saturated heterocycles. The zero-order valence-electron chi connectivity index (χ0n) is 15.3. The number of fused-ring (bicyclic) bond motifs is 1. The van der Waals surface area contributed by atoms with Gasteiger partial charge in [0.25, 0.3) is 0 Å². The molecule has 0 aliphatic heterocycles. The van der Waals surface area contributed by atoms with Gasteiger partial charge in [0.15, 0.2) is 4.96 Å². The van der Waals surface area contributed by atoms with Crippen molar-refractivity contribution >= 4 is 33.5 Å². The van der Waals surface area contributed by atoms with E-state index in [2.05, 4.69) is 32.7 Å². The number of imidazole rings is 1. The number of amides is 1. The van der Waals surface area contributed by atoms with Crippen LogP contribution in [-0.2, 0) is 17.8 Å². The van der Waals surface area contributed by atoms with Crippen LogP contribution in [0.5, 0.6) is 0 Å². The summed E-state index contributed by atoms with van der Waals surface area (Å²) in [6.07, 6.45) is 2.82. The number of carbonyl (C=O) groups is 1. The Kier molecular flexibility index (Phi) is 4.79. The first-order valence-electron chi connectivity index (χ1n) is 8.54. The molecule has 1 amide bonds. The van der Waals surface area contributed by atoms with E-state index in [1.165, 1.54) is 4.88 Å². The summed E-state index contributed by atoms with van der Waals surface area (Å²) in [4.78, 5) is 21.0. The number of thiazole rings is 1. The van der Waals surface area contributed by atoms with E-state index in [1.807, 2.05) is 30.8 Å². The van der Waals surface area contributed by atoms with Crippen molar-refractivity contribution in [2.75, 3.05) is 7.05 Å². The second-order valence-electron chi connectivity index (χ2n) is 6.40. The highest BCUT2D eigenvalue weighted by Gasteiger charge is 2.17. The van der Waals surface area contributed by atoms with E-state index < -0.39 is 0 Å². The minimum Gasteiger partial charge on any atom is -0.421 e. The molecule has 0 bridgehead atoms. The second kappa shape index (κ2) is 7.24. The highest BCUT2D eigenvalue weighted by molar-refractivity contribution is 7.17. The van der Waals surface area contributed by atoms with Crippen LogP contribution in [0, 0.1) is 13.8 Å². The van der Waals surface area contributed by atoms with E-state index in [0.717, 1.165) is 21.9 Å².